The Morgan fingerprint density at radius 1 is 1.71 bits per heavy atom. The van der Waals surface area contributed by atoms with Crippen molar-refractivity contribution in [2.45, 2.75) is 0 Å². The Balaban J connectivity index is 2.47. The molecular weight excluding hydrogens is 96.0 g/mol. The van der Waals surface area contributed by atoms with Crippen LogP contribution in [0.25, 0.3) is 0 Å². The quantitative estimate of drug-likeness (QED) is 0.419. The Labute approximate surface area is 40.5 Å². The zero-order valence-corrected chi connectivity index (χ0v) is 3.59. The molecule has 0 bridgehead atoms. The number of cyclic esters (lactones) is 2. The second-order valence-corrected chi connectivity index (χ2v) is 1.05. The van der Waals surface area contributed by atoms with Gasteiger partial charge >= 0.3 is 6.16 Å². The molecule has 1 aliphatic rings. The molecule has 0 spiro atoms. The van der Waals surface area contributed by atoms with Crippen LogP contribution >= 0.6 is 0 Å². The minimum absolute atomic E-state index is 0.332. The van der Waals surface area contributed by atoms with E-state index in [0.29, 0.717) is 6.61 Å². The summed E-state index contributed by atoms with van der Waals surface area (Å²) < 4.78 is 8.57. The molecule has 38 valence electrons. The average Bonchev–Trinajstić information content (AvgIpc) is 1.69. The lowest BCUT2D eigenvalue weighted by Gasteiger charge is -2.02. The van der Waals surface area contributed by atoms with Gasteiger partial charge in [-0.25, -0.2) is 4.79 Å². The molecule has 0 saturated carbocycles. The maximum atomic E-state index is 9.97. The first kappa shape index (κ1) is 4.18. The fraction of sp³-hybridized carbons (Fsp3) is 0.250. The van der Waals surface area contributed by atoms with Crippen molar-refractivity contribution in [1.29, 1.82) is 0 Å². The van der Waals surface area contributed by atoms with Crippen LogP contribution in [0.2, 0.25) is 0 Å². The van der Waals surface area contributed by atoms with Gasteiger partial charge < -0.3 is 9.47 Å². The fourth-order valence-electron chi connectivity index (χ4n) is 0.293. The average molecular weight is 100 g/mol. The fourth-order valence-corrected chi connectivity index (χ4v) is 0.293. The summed E-state index contributed by atoms with van der Waals surface area (Å²) in [6.07, 6.45) is 2.30. The maximum Gasteiger partial charge on any atom is 0.513 e. The highest BCUT2D eigenvalue weighted by Gasteiger charge is 2.01. The molecule has 0 aliphatic carbocycles. The van der Waals surface area contributed by atoms with Gasteiger partial charge in [-0.1, -0.05) is 0 Å². The van der Waals surface area contributed by atoms with Crippen LogP contribution in [-0.2, 0) is 9.47 Å². The van der Waals surface area contributed by atoms with Gasteiger partial charge in [-0.3, -0.25) is 0 Å². The molecule has 0 aromatic heterocycles. The van der Waals surface area contributed by atoms with E-state index in [2.05, 4.69) is 9.47 Å². The second kappa shape index (κ2) is 1.64. The lowest BCUT2D eigenvalue weighted by Crippen LogP contribution is -2.07. The highest BCUT2D eigenvalue weighted by atomic mass is 16.7. The van der Waals surface area contributed by atoms with E-state index in [-0.39, 0.29) is 0 Å². The van der Waals surface area contributed by atoms with Crippen molar-refractivity contribution in [3.8, 4) is 0 Å². The van der Waals surface area contributed by atoms with Crippen molar-refractivity contribution in [2.24, 2.45) is 0 Å². The maximum absolute atomic E-state index is 9.97. The first-order valence-electron chi connectivity index (χ1n) is 1.88. The Kier molecular flexibility index (Phi) is 0.978. The molecule has 1 aliphatic heterocycles. The predicted octanol–water partition coefficient (Wildman–Crippen LogP) is 0.667. The zero-order valence-electron chi connectivity index (χ0n) is 3.59. The molecule has 0 fully saturated rings. The van der Waals surface area contributed by atoms with Crippen LogP contribution in [0.5, 0.6) is 0 Å². The highest BCUT2D eigenvalue weighted by Crippen LogP contribution is 1.92. The van der Waals surface area contributed by atoms with Crippen molar-refractivity contribution in [3.05, 3.63) is 12.3 Å². The first-order chi connectivity index (χ1) is 3.39. The topological polar surface area (TPSA) is 35.5 Å². The summed E-state index contributed by atoms with van der Waals surface area (Å²) in [5.74, 6) is 0. The van der Waals surface area contributed by atoms with Gasteiger partial charge in [0.2, 0.25) is 0 Å². The summed E-state index contributed by atoms with van der Waals surface area (Å²) in [5, 5.41) is 0. The van der Waals surface area contributed by atoms with E-state index in [1.54, 1.807) is 6.08 Å². The van der Waals surface area contributed by atoms with E-state index in [1.165, 1.54) is 6.26 Å². The zero-order chi connectivity index (χ0) is 5.11. The largest absolute Gasteiger partial charge is 0.513 e. The van der Waals surface area contributed by atoms with Crippen molar-refractivity contribution in [1.82, 2.24) is 0 Å². The van der Waals surface area contributed by atoms with Crippen molar-refractivity contribution in [2.75, 3.05) is 6.61 Å². The Hall–Kier alpha value is -0.990. The number of carbonyl (C=O) groups is 1. The summed E-state index contributed by atoms with van der Waals surface area (Å²) in [7, 11) is 0. The smallest absolute Gasteiger partial charge is 0.430 e. The molecule has 0 amide bonds. The molecule has 3 heteroatoms. The number of rotatable bonds is 0. The summed E-state index contributed by atoms with van der Waals surface area (Å²) in [6.45, 7) is 0.332. The lowest BCUT2D eigenvalue weighted by atomic mass is 10.6. The van der Waals surface area contributed by atoms with E-state index < -0.39 is 6.16 Å². The molecule has 0 aromatic carbocycles. The Bertz CT molecular complexity index is 106. The van der Waals surface area contributed by atoms with Crippen LogP contribution in [0.1, 0.15) is 0 Å². The van der Waals surface area contributed by atoms with Crippen LogP contribution in [-0.4, -0.2) is 12.8 Å². The molecule has 0 saturated heterocycles. The SMILES string of the molecule is O=C1OC=CCO1. The minimum Gasteiger partial charge on any atom is -0.430 e. The molecule has 0 aromatic rings. The van der Waals surface area contributed by atoms with Gasteiger partial charge in [-0.15, -0.1) is 0 Å². The third-order valence-corrected chi connectivity index (χ3v) is 0.558. The number of hydrogen-bond donors (Lipinski definition) is 0. The third kappa shape index (κ3) is 0.924. The Morgan fingerprint density at radius 3 is 2.86 bits per heavy atom. The molecule has 7 heavy (non-hydrogen) atoms. The summed E-state index contributed by atoms with van der Waals surface area (Å²) in [5.41, 5.74) is 0. The van der Waals surface area contributed by atoms with Crippen LogP contribution in [0.15, 0.2) is 12.3 Å². The van der Waals surface area contributed by atoms with E-state index in [0.717, 1.165) is 0 Å². The molecule has 0 N–H and O–H groups in total. The summed E-state index contributed by atoms with van der Waals surface area (Å²) in [6, 6.07) is 0. The monoisotopic (exact) mass is 100 g/mol. The van der Waals surface area contributed by atoms with Gasteiger partial charge in [0, 0.05) is 0 Å². The van der Waals surface area contributed by atoms with Gasteiger partial charge in [0.25, 0.3) is 0 Å². The standard InChI is InChI=1S/C4H4O3/c5-4-6-2-1-3-7-4/h1-2H,3H2. The van der Waals surface area contributed by atoms with Crippen LogP contribution in [0, 0.1) is 0 Å². The molecule has 3 nitrogen and oxygen atoms in total. The number of carbonyl (C=O) groups excluding carboxylic acids is 1. The van der Waals surface area contributed by atoms with E-state index in [4.69, 9.17) is 0 Å². The number of hydrogen-bond acceptors (Lipinski definition) is 3. The van der Waals surface area contributed by atoms with Gasteiger partial charge in [-0.2, -0.15) is 0 Å². The number of ether oxygens (including phenoxy) is 2. The van der Waals surface area contributed by atoms with Crippen molar-refractivity contribution >= 4 is 6.16 Å². The summed E-state index contributed by atoms with van der Waals surface area (Å²) in [4.78, 5) is 9.97. The van der Waals surface area contributed by atoms with Crippen molar-refractivity contribution in [3.63, 3.8) is 0 Å². The van der Waals surface area contributed by atoms with Crippen molar-refractivity contribution < 1.29 is 14.3 Å². The van der Waals surface area contributed by atoms with Gasteiger partial charge in [-0.05, 0) is 6.08 Å². The summed E-state index contributed by atoms with van der Waals surface area (Å²) >= 11 is 0. The molecule has 0 atom stereocenters. The lowest BCUT2D eigenvalue weighted by molar-refractivity contribution is 0.0835. The molecule has 0 unspecified atom stereocenters. The second-order valence-electron chi connectivity index (χ2n) is 1.05. The molecule has 1 rings (SSSR count). The van der Waals surface area contributed by atoms with Gasteiger partial charge in [0.05, 0.1) is 6.26 Å². The van der Waals surface area contributed by atoms with Gasteiger partial charge in [0.15, 0.2) is 0 Å². The third-order valence-electron chi connectivity index (χ3n) is 0.558. The van der Waals surface area contributed by atoms with E-state index in [1.807, 2.05) is 0 Å². The molecule has 1 heterocycles. The Morgan fingerprint density at radius 2 is 2.57 bits per heavy atom. The normalized spacial score (nSPS) is 18.0. The highest BCUT2D eigenvalue weighted by molar-refractivity contribution is 5.61. The van der Waals surface area contributed by atoms with Crippen LogP contribution < -0.4 is 0 Å². The van der Waals surface area contributed by atoms with Gasteiger partial charge in [0.1, 0.15) is 6.61 Å². The van der Waals surface area contributed by atoms with Crippen LogP contribution in [0.4, 0.5) is 4.79 Å². The first-order valence-corrected chi connectivity index (χ1v) is 1.88. The minimum atomic E-state index is -0.623. The van der Waals surface area contributed by atoms with E-state index in [9.17, 15) is 4.79 Å². The molecule has 0 radical (unpaired) electrons. The van der Waals surface area contributed by atoms with E-state index >= 15 is 0 Å². The van der Waals surface area contributed by atoms with Crippen LogP contribution in [0.3, 0.4) is 0 Å². The molecular formula is C4H4O3. The predicted molar refractivity (Wildman–Crippen MR) is 21.6 cm³/mol.